The number of nitrogens with one attached hydrogen (secondary N) is 1. The summed E-state index contributed by atoms with van der Waals surface area (Å²) < 4.78 is 12.6. The van der Waals surface area contributed by atoms with Crippen LogP contribution in [-0.4, -0.2) is 12.4 Å². The average Bonchev–Trinajstić information content (AvgIpc) is 2.70. The molecule has 0 unspecified atom stereocenters. The first-order chi connectivity index (χ1) is 6.84. The van der Waals surface area contributed by atoms with E-state index in [2.05, 4.69) is 10.3 Å². The molecule has 1 N–H and O–H groups in total. The summed E-state index contributed by atoms with van der Waals surface area (Å²) in [6, 6.07) is 6.54. The van der Waals surface area contributed by atoms with Crippen LogP contribution in [0.2, 0.25) is 0 Å². The average molecular weight is 192 g/mol. The summed E-state index contributed by atoms with van der Waals surface area (Å²) in [5.41, 5.74) is 1.08. The van der Waals surface area contributed by atoms with Crippen molar-refractivity contribution in [2.45, 2.75) is 19.4 Å². The first-order valence-electron chi connectivity index (χ1n) is 4.86. The van der Waals surface area contributed by atoms with Crippen molar-refractivity contribution in [1.29, 1.82) is 0 Å². The molecular weight excluding hydrogens is 179 g/mol. The third-order valence-electron chi connectivity index (χ3n) is 2.28. The second-order valence-electron chi connectivity index (χ2n) is 3.41. The van der Waals surface area contributed by atoms with E-state index in [4.69, 9.17) is 0 Å². The lowest BCUT2D eigenvalue weighted by atomic mass is 10.2. The monoisotopic (exact) mass is 192 g/mol. The minimum absolute atomic E-state index is 0.188. The lowest BCUT2D eigenvalue weighted by Crippen LogP contribution is -2.20. The van der Waals surface area contributed by atoms with Crippen LogP contribution in [0.3, 0.4) is 0 Å². The number of aliphatic imine (C=N–C) groups is 1. The Kier molecular flexibility index (Phi) is 2.77. The Labute approximate surface area is 82.9 Å². The van der Waals surface area contributed by atoms with E-state index in [0.717, 1.165) is 37.3 Å². The molecule has 1 heterocycles. The molecule has 1 aromatic carbocycles. The summed E-state index contributed by atoms with van der Waals surface area (Å²) in [6.45, 7) is 1.67. The Hall–Kier alpha value is -1.38. The summed E-state index contributed by atoms with van der Waals surface area (Å²) in [5, 5.41) is 3.24. The molecule has 0 aliphatic carbocycles. The van der Waals surface area contributed by atoms with Crippen molar-refractivity contribution in [1.82, 2.24) is 5.32 Å². The van der Waals surface area contributed by atoms with Crippen molar-refractivity contribution in [2.24, 2.45) is 4.99 Å². The van der Waals surface area contributed by atoms with E-state index in [1.165, 1.54) is 12.1 Å². The van der Waals surface area contributed by atoms with E-state index in [-0.39, 0.29) is 5.82 Å². The van der Waals surface area contributed by atoms with Crippen LogP contribution in [-0.2, 0) is 6.54 Å². The molecule has 0 radical (unpaired) electrons. The second-order valence-corrected chi connectivity index (χ2v) is 3.41. The lowest BCUT2D eigenvalue weighted by molar-refractivity contribution is 0.626. The maximum Gasteiger partial charge on any atom is 0.123 e. The number of rotatable bonds is 2. The second kappa shape index (κ2) is 4.22. The molecule has 14 heavy (non-hydrogen) atoms. The number of halogens is 1. The van der Waals surface area contributed by atoms with Gasteiger partial charge in [0, 0.05) is 19.5 Å². The van der Waals surface area contributed by atoms with Gasteiger partial charge in [-0.3, -0.25) is 4.99 Å². The van der Waals surface area contributed by atoms with E-state index < -0.39 is 0 Å². The molecule has 0 saturated heterocycles. The first kappa shape index (κ1) is 9.19. The molecule has 74 valence electrons. The molecule has 0 bridgehead atoms. The van der Waals surface area contributed by atoms with Crippen molar-refractivity contribution < 1.29 is 4.39 Å². The minimum atomic E-state index is -0.188. The molecule has 0 spiro atoms. The predicted octanol–water partition coefficient (Wildman–Crippen LogP) is 2.11. The largest absolute Gasteiger partial charge is 0.370 e. The van der Waals surface area contributed by atoms with E-state index in [9.17, 15) is 4.39 Å². The van der Waals surface area contributed by atoms with Gasteiger partial charge in [0.05, 0.1) is 5.84 Å². The molecule has 0 aromatic heterocycles. The van der Waals surface area contributed by atoms with Crippen LogP contribution >= 0.6 is 0 Å². The van der Waals surface area contributed by atoms with Gasteiger partial charge in [0.2, 0.25) is 0 Å². The highest BCUT2D eigenvalue weighted by Crippen LogP contribution is 2.05. The number of benzene rings is 1. The molecule has 0 saturated carbocycles. The number of hydrogen-bond acceptors (Lipinski definition) is 2. The molecule has 0 amide bonds. The quantitative estimate of drug-likeness (QED) is 0.762. The van der Waals surface area contributed by atoms with Crippen molar-refractivity contribution in [3.8, 4) is 0 Å². The fourth-order valence-electron chi connectivity index (χ4n) is 1.49. The summed E-state index contributed by atoms with van der Waals surface area (Å²) in [7, 11) is 0. The Morgan fingerprint density at radius 3 is 2.71 bits per heavy atom. The maximum atomic E-state index is 12.6. The van der Waals surface area contributed by atoms with Gasteiger partial charge in [0.25, 0.3) is 0 Å². The lowest BCUT2D eigenvalue weighted by Gasteiger charge is -2.05. The highest BCUT2D eigenvalue weighted by Gasteiger charge is 2.04. The normalized spacial score (nSPS) is 15.4. The van der Waals surface area contributed by atoms with Gasteiger partial charge in [0.1, 0.15) is 5.82 Å². The topological polar surface area (TPSA) is 24.4 Å². The molecule has 0 fully saturated rings. The van der Waals surface area contributed by atoms with Crippen LogP contribution in [0.1, 0.15) is 18.4 Å². The molecule has 2 rings (SSSR count). The smallest absolute Gasteiger partial charge is 0.123 e. The van der Waals surface area contributed by atoms with Crippen LogP contribution in [0.25, 0.3) is 0 Å². The van der Waals surface area contributed by atoms with Gasteiger partial charge in [-0.1, -0.05) is 12.1 Å². The Morgan fingerprint density at radius 1 is 1.29 bits per heavy atom. The molecule has 1 aliphatic rings. The molecule has 2 nitrogen and oxygen atoms in total. The number of nitrogens with zero attached hydrogens (tertiary/aromatic N) is 1. The van der Waals surface area contributed by atoms with E-state index in [0.29, 0.717) is 0 Å². The Bertz CT molecular complexity index is 330. The van der Waals surface area contributed by atoms with Crippen molar-refractivity contribution >= 4 is 5.84 Å². The predicted molar refractivity (Wildman–Crippen MR) is 54.8 cm³/mol. The third kappa shape index (κ3) is 2.31. The molecule has 0 atom stereocenters. The maximum absolute atomic E-state index is 12.6. The Balaban J connectivity index is 1.88. The summed E-state index contributed by atoms with van der Waals surface area (Å²) in [4.78, 5) is 4.30. The zero-order valence-electron chi connectivity index (χ0n) is 7.96. The highest BCUT2D eigenvalue weighted by atomic mass is 19.1. The summed E-state index contributed by atoms with van der Waals surface area (Å²) in [5.74, 6) is 0.890. The van der Waals surface area contributed by atoms with Gasteiger partial charge in [0.15, 0.2) is 0 Å². The zero-order chi connectivity index (χ0) is 9.80. The summed E-state index contributed by atoms with van der Waals surface area (Å²) >= 11 is 0. The van der Waals surface area contributed by atoms with E-state index in [1.54, 1.807) is 12.1 Å². The number of amidine groups is 1. The van der Waals surface area contributed by atoms with Gasteiger partial charge < -0.3 is 5.32 Å². The highest BCUT2D eigenvalue weighted by molar-refractivity contribution is 5.83. The molecule has 3 heteroatoms. The Morgan fingerprint density at radius 2 is 2.07 bits per heavy atom. The summed E-state index contributed by atoms with van der Waals surface area (Å²) in [6.07, 6.45) is 2.19. The number of hydrogen-bond donors (Lipinski definition) is 1. The van der Waals surface area contributed by atoms with Crippen LogP contribution < -0.4 is 5.32 Å². The fraction of sp³-hybridized carbons (Fsp3) is 0.364. The SMILES string of the molecule is Fc1ccc(CNC2=NCCC2)cc1. The third-order valence-corrected chi connectivity index (χ3v) is 2.28. The van der Waals surface area contributed by atoms with Gasteiger partial charge in [-0.15, -0.1) is 0 Å². The van der Waals surface area contributed by atoms with Crippen LogP contribution in [0.15, 0.2) is 29.3 Å². The van der Waals surface area contributed by atoms with Crippen LogP contribution in [0, 0.1) is 5.82 Å². The van der Waals surface area contributed by atoms with Crippen LogP contribution in [0.4, 0.5) is 4.39 Å². The van der Waals surface area contributed by atoms with Gasteiger partial charge in [-0.2, -0.15) is 0 Å². The standard InChI is InChI=1S/C11H13FN2/c12-10-5-3-9(4-6-10)8-14-11-2-1-7-13-11/h3-6H,1-2,7-8H2,(H,13,14). The van der Waals surface area contributed by atoms with Gasteiger partial charge in [-0.05, 0) is 24.1 Å². The molecule has 1 aromatic rings. The fourth-order valence-corrected chi connectivity index (χ4v) is 1.49. The molecule has 1 aliphatic heterocycles. The van der Waals surface area contributed by atoms with E-state index >= 15 is 0 Å². The van der Waals surface area contributed by atoms with Gasteiger partial charge >= 0.3 is 0 Å². The van der Waals surface area contributed by atoms with Crippen molar-refractivity contribution in [2.75, 3.05) is 6.54 Å². The molecular formula is C11H13FN2. The first-order valence-corrected chi connectivity index (χ1v) is 4.86. The minimum Gasteiger partial charge on any atom is -0.370 e. The van der Waals surface area contributed by atoms with Gasteiger partial charge in [-0.25, -0.2) is 4.39 Å². The van der Waals surface area contributed by atoms with Crippen molar-refractivity contribution in [3.63, 3.8) is 0 Å². The van der Waals surface area contributed by atoms with E-state index in [1.807, 2.05) is 0 Å². The van der Waals surface area contributed by atoms with Crippen LogP contribution in [0.5, 0.6) is 0 Å². The zero-order valence-corrected chi connectivity index (χ0v) is 7.96. The van der Waals surface area contributed by atoms with Crippen molar-refractivity contribution in [3.05, 3.63) is 35.6 Å².